The highest BCUT2D eigenvalue weighted by atomic mass is 32.1. The molecule has 4 nitrogen and oxygen atoms in total. The third-order valence-electron chi connectivity index (χ3n) is 2.94. The molecule has 0 radical (unpaired) electrons. The Morgan fingerprint density at radius 1 is 1.56 bits per heavy atom. The second-order valence-corrected chi connectivity index (χ2v) is 4.63. The first-order valence-electron chi connectivity index (χ1n) is 6.12. The summed E-state index contributed by atoms with van der Waals surface area (Å²) in [4.78, 5) is 7.04. The number of aromatic nitrogens is 1. The van der Waals surface area contributed by atoms with Gasteiger partial charge in [0, 0.05) is 19.7 Å². The van der Waals surface area contributed by atoms with Gasteiger partial charge in [-0.05, 0) is 25.5 Å². The first kappa shape index (κ1) is 14.9. The van der Waals surface area contributed by atoms with Crippen molar-refractivity contribution in [3.8, 4) is 0 Å². The zero-order valence-corrected chi connectivity index (χ0v) is 12.0. The molecule has 1 unspecified atom stereocenters. The highest BCUT2D eigenvalue weighted by Crippen LogP contribution is 2.16. The third kappa shape index (κ3) is 3.92. The molecule has 1 aromatic heterocycles. The van der Waals surface area contributed by atoms with Crippen LogP contribution in [0.15, 0.2) is 18.2 Å². The van der Waals surface area contributed by atoms with Gasteiger partial charge in [0.05, 0.1) is 12.3 Å². The topological polar surface area (TPSA) is 51.4 Å². The third-order valence-corrected chi connectivity index (χ3v) is 3.15. The van der Waals surface area contributed by atoms with E-state index in [0.29, 0.717) is 23.3 Å². The van der Waals surface area contributed by atoms with Crippen molar-refractivity contribution in [3.63, 3.8) is 0 Å². The Labute approximate surface area is 114 Å². The summed E-state index contributed by atoms with van der Waals surface area (Å²) in [5, 5.41) is 0. The maximum absolute atomic E-state index is 5.62. The molecule has 100 valence electrons. The van der Waals surface area contributed by atoms with Crippen LogP contribution in [0.5, 0.6) is 0 Å². The van der Waals surface area contributed by atoms with Crippen molar-refractivity contribution < 1.29 is 4.74 Å². The Hall–Kier alpha value is -1.20. The van der Waals surface area contributed by atoms with E-state index >= 15 is 0 Å². The van der Waals surface area contributed by atoms with Crippen LogP contribution in [-0.2, 0) is 4.74 Å². The Balaban J connectivity index is 2.96. The SMILES string of the molecule is CCC(C)N(CCOC)c1cccc(C(N)=S)n1. The molecule has 0 aliphatic rings. The number of methoxy groups -OCH3 is 1. The lowest BCUT2D eigenvalue weighted by molar-refractivity contribution is 0.203. The van der Waals surface area contributed by atoms with Crippen LogP contribution in [-0.4, -0.2) is 36.3 Å². The van der Waals surface area contributed by atoms with Crippen LogP contribution in [0, 0.1) is 0 Å². The predicted octanol–water partition coefficient (Wildman–Crippen LogP) is 1.97. The average Bonchev–Trinajstić information content (AvgIpc) is 2.39. The summed E-state index contributed by atoms with van der Waals surface area (Å²) >= 11 is 4.96. The Morgan fingerprint density at radius 3 is 2.83 bits per heavy atom. The van der Waals surface area contributed by atoms with Gasteiger partial charge in [0.15, 0.2) is 0 Å². The number of nitrogens with two attached hydrogens (primary N) is 1. The molecule has 1 heterocycles. The molecule has 0 spiro atoms. The standard InChI is InChI=1S/C13H21N3OS/c1-4-10(2)16(8-9-17-3)12-7-5-6-11(15-12)13(14)18/h5-7,10H,4,8-9H2,1-3H3,(H2,14,18). The quantitative estimate of drug-likeness (QED) is 0.765. The summed E-state index contributed by atoms with van der Waals surface area (Å²) in [5.41, 5.74) is 6.28. The van der Waals surface area contributed by atoms with E-state index in [4.69, 9.17) is 22.7 Å². The molecule has 0 amide bonds. The fourth-order valence-corrected chi connectivity index (χ4v) is 1.80. The summed E-state index contributed by atoms with van der Waals surface area (Å²) in [7, 11) is 1.70. The second kappa shape index (κ2) is 7.28. The predicted molar refractivity (Wildman–Crippen MR) is 79.1 cm³/mol. The molecule has 0 aromatic carbocycles. The largest absolute Gasteiger partial charge is 0.388 e. The van der Waals surface area contributed by atoms with E-state index in [2.05, 4.69) is 23.7 Å². The van der Waals surface area contributed by atoms with E-state index in [-0.39, 0.29) is 0 Å². The number of hydrogen-bond donors (Lipinski definition) is 1. The molecule has 18 heavy (non-hydrogen) atoms. The summed E-state index contributed by atoms with van der Waals surface area (Å²) in [6.07, 6.45) is 1.04. The summed E-state index contributed by atoms with van der Waals surface area (Å²) in [5.74, 6) is 0.895. The average molecular weight is 267 g/mol. The number of anilines is 1. The molecular formula is C13H21N3OS. The molecule has 0 bridgehead atoms. The Morgan fingerprint density at radius 2 is 2.28 bits per heavy atom. The lowest BCUT2D eigenvalue weighted by Crippen LogP contribution is -2.36. The van der Waals surface area contributed by atoms with Crippen LogP contribution in [0.3, 0.4) is 0 Å². The molecule has 1 aromatic rings. The number of rotatable bonds is 7. The molecule has 1 rings (SSSR count). The van der Waals surface area contributed by atoms with Gasteiger partial charge in [0.2, 0.25) is 0 Å². The molecule has 0 saturated carbocycles. The number of ether oxygens (including phenoxy) is 1. The van der Waals surface area contributed by atoms with E-state index in [0.717, 1.165) is 18.8 Å². The lowest BCUT2D eigenvalue weighted by Gasteiger charge is -2.29. The summed E-state index contributed by atoms with van der Waals surface area (Å²) in [6.45, 7) is 5.80. The van der Waals surface area contributed by atoms with Gasteiger partial charge in [0.25, 0.3) is 0 Å². The highest BCUT2D eigenvalue weighted by molar-refractivity contribution is 7.80. The van der Waals surface area contributed by atoms with Crippen molar-refractivity contribution in [1.82, 2.24) is 4.98 Å². The molecule has 0 fully saturated rings. The second-order valence-electron chi connectivity index (χ2n) is 4.19. The van der Waals surface area contributed by atoms with Gasteiger partial charge in [-0.2, -0.15) is 0 Å². The molecule has 0 aliphatic carbocycles. The fraction of sp³-hybridized carbons (Fsp3) is 0.538. The maximum Gasteiger partial charge on any atom is 0.129 e. The number of nitrogens with zero attached hydrogens (tertiary/aromatic N) is 2. The van der Waals surface area contributed by atoms with Gasteiger partial charge < -0.3 is 15.4 Å². The van der Waals surface area contributed by atoms with Crippen LogP contribution in [0.4, 0.5) is 5.82 Å². The zero-order valence-electron chi connectivity index (χ0n) is 11.2. The van der Waals surface area contributed by atoms with Crippen molar-refractivity contribution in [2.45, 2.75) is 26.3 Å². The molecule has 0 saturated heterocycles. The smallest absolute Gasteiger partial charge is 0.129 e. The number of thiocarbonyl (C=S) groups is 1. The molecule has 2 N–H and O–H groups in total. The van der Waals surface area contributed by atoms with Crippen molar-refractivity contribution in [3.05, 3.63) is 23.9 Å². The van der Waals surface area contributed by atoms with Crippen molar-refractivity contribution >= 4 is 23.0 Å². The van der Waals surface area contributed by atoms with Gasteiger partial charge in [-0.15, -0.1) is 0 Å². The minimum absolute atomic E-state index is 0.327. The van der Waals surface area contributed by atoms with Crippen molar-refractivity contribution in [1.29, 1.82) is 0 Å². The van der Waals surface area contributed by atoms with E-state index in [1.807, 2.05) is 18.2 Å². The van der Waals surface area contributed by atoms with E-state index in [9.17, 15) is 0 Å². The Kier molecular flexibility index (Phi) is 6.01. The zero-order chi connectivity index (χ0) is 13.5. The van der Waals surface area contributed by atoms with Gasteiger partial charge in [-0.1, -0.05) is 25.2 Å². The van der Waals surface area contributed by atoms with E-state index in [1.54, 1.807) is 7.11 Å². The summed E-state index contributed by atoms with van der Waals surface area (Å²) < 4.78 is 5.15. The van der Waals surface area contributed by atoms with Gasteiger partial charge in [-0.25, -0.2) is 4.98 Å². The summed E-state index contributed by atoms with van der Waals surface area (Å²) in [6, 6.07) is 6.13. The van der Waals surface area contributed by atoms with Crippen molar-refractivity contribution in [2.75, 3.05) is 25.2 Å². The first-order valence-corrected chi connectivity index (χ1v) is 6.53. The fourth-order valence-electron chi connectivity index (χ4n) is 1.69. The van der Waals surface area contributed by atoms with Crippen LogP contribution in [0.25, 0.3) is 0 Å². The molecule has 0 aliphatic heterocycles. The normalized spacial score (nSPS) is 12.2. The molecule has 1 atom stereocenters. The van der Waals surface area contributed by atoms with Crippen LogP contribution in [0.1, 0.15) is 26.0 Å². The van der Waals surface area contributed by atoms with E-state index in [1.165, 1.54) is 0 Å². The van der Waals surface area contributed by atoms with Gasteiger partial charge >= 0.3 is 0 Å². The number of hydrogen-bond acceptors (Lipinski definition) is 4. The van der Waals surface area contributed by atoms with Crippen LogP contribution in [0.2, 0.25) is 0 Å². The van der Waals surface area contributed by atoms with Crippen LogP contribution >= 0.6 is 12.2 Å². The van der Waals surface area contributed by atoms with Gasteiger partial charge in [-0.3, -0.25) is 0 Å². The minimum Gasteiger partial charge on any atom is -0.388 e. The maximum atomic E-state index is 5.62. The lowest BCUT2D eigenvalue weighted by atomic mass is 10.2. The number of pyridine rings is 1. The van der Waals surface area contributed by atoms with Crippen LogP contribution < -0.4 is 10.6 Å². The Bertz CT molecular complexity index is 398. The molecular weight excluding hydrogens is 246 g/mol. The first-order chi connectivity index (χ1) is 8.60. The minimum atomic E-state index is 0.327. The monoisotopic (exact) mass is 267 g/mol. The van der Waals surface area contributed by atoms with Gasteiger partial charge in [0.1, 0.15) is 10.8 Å². The van der Waals surface area contributed by atoms with E-state index < -0.39 is 0 Å². The highest BCUT2D eigenvalue weighted by Gasteiger charge is 2.14. The van der Waals surface area contributed by atoms with Crippen molar-refractivity contribution in [2.24, 2.45) is 5.73 Å². The molecule has 5 heteroatoms.